The number of phenolic OH excluding ortho intramolecular Hbond substituents is 12. The van der Waals surface area contributed by atoms with Gasteiger partial charge in [-0.1, -0.05) is 48.5 Å². The number of aliphatic hydroxyl groups excluding tert-OH is 5. The van der Waals surface area contributed by atoms with E-state index in [1.807, 2.05) is 0 Å². The molecule has 0 saturated carbocycles. The van der Waals surface area contributed by atoms with Crippen LogP contribution < -0.4 is 18.9 Å². The molecule has 0 fully saturated rings. The highest BCUT2D eigenvalue weighted by Crippen LogP contribution is 2.65. The van der Waals surface area contributed by atoms with Gasteiger partial charge in [0.05, 0.1) is 23.3 Å². The van der Waals surface area contributed by atoms with Gasteiger partial charge < -0.3 is 106 Å². The van der Waals surface area contributed by atoms with Crippen molar-refractivity contribution in [3.63, 3.8) is 0 Å². The van der Waals surface area contributed by atoms with E-state index in [4.69, 9.17) is 18.9 Å². The fourth-order valence-electron chi connectivity index (χ4n) is 12.0. The molecule has 12 unspecified atom stereocenters. The van der Waals surface area contributed by atoms with Gasteiger partial charge in [0.1, 0.15) is 123 Å². The maximum Gasteiger partial charge on any atom is 0.152 e. The standard InChI is InChI=1S/C60H50O21/c61-26-9-1-22(2-10-26)54-50(74)46(39-31(66)17-30(65)18-38(39)78-54)40-32(67)19-33(68)41-47(51(75)55(79-58(40)41)23-3-11-27(62)12-4-23)42-34(69)20-35(70)43-48(52(76)56(80-59(42)43)24-5-13-28(63)14-6-24)44-36(71)21-37(72)45-49(73)53(77)57(81-60(44)45)25-7-15-29(64)16-8-25/h1-21,46-57,61-77H. The Kier molecular flexibility index (Phi) is 12.4. The van der Waals surface area contributed by atoms with E-state index in [0.717, 1.165) is 30.3 Å². The zero-order chi connectivity index (χ0) is 57.2. The molecule has 17 N–H and O–H groups in total. The second kappa shape index (κ2) is 19.3. The number of fused-ring (bicyclic) bond motifs is 4. The van der Waals surface area contributed by atoms with Crippen molar-refractivity contribution in [1.29, 1.82) is 0 Å². The first-order valence-corrected chi connectivity index (χ1v) is 25.2. The molecule has 0 aromatic heterocycles. The summed E-state index contributed by atoms with van der Waals surface area (Å²) in [6.07, 6.45) is -15.6. The monoisotopic (exact) mass is 1110 g/mol. The summed E-state index contributed by atoms with van der Waals surface area (Å²) in [7, 11) is 0. The van der Waals surface area contributed by atoms with E-state index in [0.29, 0.717) is 0 Å². The highest BCUT2D eigenvalue weighted by atomic mass is 16.5. The lowest BCUT2D eigenvalue weighted by atomic mass is 9.72. The van der Waals surface area contributed by atoms with Crippen LogP contribution in [0.1, 0.15) is 109 Å². The second-order valence-corrected chi connectivity index (χ2v) is 20.5. The Morgan fingerprint density at radius 1 is 0.247 bits per heavy atom. The Bertz CT molecular complexity index is 3780. The number of benzene rings is 8. The minimum Gasteiger partial charge on any atom is -0.508 e. The third-order valence-corrected chi connectivity index (χ3v) is 15.7. The average molecular weight is 1110 g/mol. The van der Waals surface area contributed by atoms with Crippen LogP contribution in [-0.2, 0) is 0 Å². The predicted molar refractivity (Wildman–Crippen MR) is 280 cm³/mol. The van der Waals surface area contributed by atoms with Crippen molar-refractivity contribution < 1.29 is 106 Å². The van der Waals surface area contributed by atoms with Crippen LogP contribution in [0.4, 0.5) is 0 Å². The number of rotatable bonds is 7. The van der Waals surface area contributed by atoms with Crippen LogP contribution >= 0.6 is 0 Å². The fraction of sp³-hybridized carbons (Fsp3) is 0.200. The molecular formula is C60H50O21. The smallest absolute Gasteiger partial charge is 0.152 e. The topological polar surface area (TPSA) is 381 Å². The van der Waals surface area contributed by atoms with E-state index < -0.39 is 164 Å². The van der Waals surface area contributed by atoms with Crippen LogP contribution in [-0.4, -0.2) is 111 Å². The van der Waals surface area contributed by atoms with Crippen LogP contribution in [0.25, 0.3) is 0 Å². The maximum absolute atomic E-state index is 13.0. The van der Waals surface area contributed by atoms with Crippen LogP contribution in [0, 0.1) is 0 Å². The van der Waals surface area contributed by atoms with Gasteiger partial charge in [-0.05, 0) is 70.8 Å². The van der Waals surface area contributed by atoms with Crippen LogP contribution in [0.5, 0.6) is 92.0 Å². The number of hydrogen-bond acceptors (Lipinski definition) is 21. The van der Waals surface area contributed by atoms with Gasteiger partial charge in [-0.15, -0.1) is 0 Å². The Labute approximate surface area is 457 Å². The van der Waals surface area contributed by atoms with Gasteiger partial charge in [-0.3, -0.25) is 0 Å². The molecule has 12 rings (SSSR count). The minimum absolute atomic E-state index is 0.126. The van der Waals surface area contributed by atoms with Crippen molar-refractivity contribution in [3.8, 4) is 92.0 Å². The third-order valence-electron chi connectivity index (χ3n) is 15.7. The minimum atomic E-state index is -1.98. The summed E-state index contributed by atoms with van der Waals surface area (Å²) >= 11 is 0. The largest absolute Gasteiger partial charge is 0.508 e. The highest BCUT2D eigenvalue weighted by Gasteiger charge is 2.53. The van der Waals surface area contributed by atoms with Crippen molar-refractivity contribution in [2.24, 2.45) is 0 Å². The summed E-state index contributed by atoms with van der Waals surface area (Å²) in [6, 6.07) is 26.0. The lowest BCUT2D eigenvalue weighted by Gasteiger charge is -2.44. The molecular weight excluding hydrogens is 1060 g/mol. The molecule has 21 nitrogen and oxygen atoms in total. The molecule has 0 saturated heterocycles. The molecule has 0 radical (unpaired) electrons. The molecule has 8 aromatic carbocycles. The van der Waals surface area contributed by atoms with Crippen LogP contribution in [0.15, 0.2) is 127 Å². The Balaban J connectivity index is 1.13. The van der Waals surface area contributed by atoms with Gasteiger partial charge in [-0.2, -0.15) is 0 Å². The Morgan fingerprint density at radius 2 is 0.506 bits per heavy atom. The molecule has 81 heavy (non-hydrogen) atoms. The van der Waals surface area contributed by atoms with E-state index in [2.05, 4.69) is 0 Å². The second-order valence-electron chi connectivity index (χ2n) is 20.5. The SMILES string of the molecule is Oc1ccc(C2Oc3c(c(O)cc(O)c3C3c4c(O)cc(O)c(C5c6c(O)cc(O)c(C7c8c(O)cc(O)cc8OC(c8ccc(O)cc8)C7O)c6OC(c6ccc(O)cc6)C5O)c4OC(c4ccc(O)cc4)C3O)C(O)C2O)cc1. The van der Waals surface area contributed by atoms with E-state index in [1.165, 1.54) is 97.1 Å². The van der Waals surface area contributed by atoms with Crippen molar-refractivity contribution in [2.75, 3.05) is 0 Å². The van der Waals surface area contributed by atoms with Gasteiger partial charge in [0.15, 0.2) is 24.4 Å². The zero-order valence-electron chi connectivity index (χ0n) is 41.8. The van der Waals surface area contributed by atoms with Gasteiger partial charge in [0.2, 0.25) is 0 Å². The zero-order valence-corrected chi connectivity index (χ0v) is 41.8. The Hall–Kier alpha value is -9.64. The first-order valence-electron chi connectivity index (χ1n) is 25.2. The quantitative estimate of drug-likeness (QED) is 0.0803. The molecule has 21 heteroatoms. The summed E-state index contributed by atoms with van der Waals surface area (Å²) < 4.78 is 26.0. The molecule has 4 heterocycles. The van der Waals surface area contributed by atoms with Crippen molar-refractivity contribution >= 4 is 0 Å². The number of hydrogen-bond donors (Lipinski definition) is 17. The fourth-order valence-corrected chi connectivity index (χ4v) is 12.0. The van der Waals surface area contributed by atoms with E-state index >= 15 is 0 Å². The first kappa shape index (κ1) is 52.1. The lowest BCUT2D eigenvalue weighted by Crippen LogP contribution is -2.40. The Morgan fingerprint density at radius 3 is 0.840 bits per heavy atom. The average Bonchev–Trinajstić information content (AvgIpc) is 3.01. The summed E-state index contributed by atoms with van der Waals surface area (Å²) in [4.78, 5) is 0. The highest BCUT2D eigenvalue weighted by molar-refractivity contribution is 5.73. The summed E-state index contributed by atoms with van der Waals surface area (Å²) in [5.41, 5.74) is -2.00. The number of phenols is 12. The van der Waals surface area contributed by atoms with E-state index in [1.54, 1.807) is 0 Å². The first-order chi connectivity index (χ1) is 38.7. The van der Waals surface area contributed by atoms with Crippen molar-refractivity contribution in [2.45, 2.75) is 72.7 Å². The predicted octanol–water partition coefficient (Wildman–Crippen LogP) is 6.56. The van der Waals surface area contributed by atoms with Gasteiger partial charge in [0.25, 0.3) is 0 Å². The van der Waals surface area contributed by atoms with Crippen molar-refractivity contribution in [1.82, 2.24) is 0 Å². The van der Waals surface area contributed by atoms with Crippen molar-refractivity contribution in [3.05, 3.63) is 189 Å². The number of aliphatic hydroxyl groups is 5. The van der Waals surface area contributed by atoms with Crippen LogP contribution in [0.2, 0.25) is 0 Å². The van der Waals surface area contributed by atoms with E-state index in [-0.39, 0.29) is 62.1 Å². The molecule has 12 atom stereocenters. The summed E-state index contributed by atoms with van der Waals surface area (Å²) in [5, 5.41) is 198. The maximum atomic E-state index is 13.0. The third kappa shape index (κ3) is 8.36. The van der Waals surface area contributed by atoms with Gasteiger partial charge >= 0.3 is 0 Å². The molecule has 4 aliphatic rings. The molecule has 0 amide bonds. The lowest BCUT2D eigenvalue weighted by molar-refractivity contribution is -0.0722. The van der Waals surface area contributed by atoms with Gasteiger partial charge in [-0.25, -0.2) is 0 Å². The summed E-state index contributed by atoms with van der Waals surface area (Å²) in [6.45, 7) is 0. The summed E-state index contributed by atoms with van der Waals surface area (Å²) in [5.74, 6) is -13.5. The molecule has 0 bridgehead atoms. The number of aromatic hydroxyl groups is 12. The molecule has 416 valence electrons. The van der Waals surface area contributed by atoms with Crippen LogP contribution in [0.3, 0.4) is 0 Å². The normalized spacial score (nSPS) is 25.3. The molecule has 4 aliphatic heterocycles. The molecule has 0 spiro atoms. The van der Waals surface area contributed by atoms with Gasteiger partial charge in [0, 0.05) is 63.7 Å². The molecule has 8 aromatic rings. The molecule has 0 aliphatic carbocycles. The number of ether oxygens (including phenoxy) is 4. The van der Waals surface area contributed by atoms with E-state index in [9.17, 15) is 86.8 Å².